The molecule has 92 valence electrons. The molecule has 0 aliphatic carbocycles. The monoisotopic (exact) mass is 300 g/mol. The molecule has 0 spiro atoms. The number of amides is 1. The van der Waals surface area contributed by atoms with Gasteiger partial charge in [0, 0.05) is 6.07 Å². The van der Waals surface area contributed by atoms with Gasteiger partial charge in [-0.05, 0) is 25.0 Å². The first kappa shape index (κ1) is 13.6. The maximum Gasteiger partial charge on any atom is 0.293 e. The summed E-state index contributed by atoms with van der Waals surface area (Å²) >= 11 is 3.19. The molecule has 1 aromatic carbocycles. The first-order valence-electron chi connectivity index (χ1n) is 5.15. The van der Waals surface area contributed by atoms with E-state index >= 15 is 0 Å². The lowest BCUT2D eigenvalue weighted by atomic mass is 10.2. The number of nitrogens with zero attached hydrogens (tertiary/aromatic N) is 1. The summed E-state index contributed by atoms with van der Waals surface area (Å²) in [5.41, 5.74) is 0.915. The number of alkyl halides is 1. The molecular formula is C11H13BrN2O3. The van der Waals surface area contributed by atoms with E-state index in [0.29, 0.717) is 6.42 Å². The number of aryl methyl sites for hydroxylation is 1. The van der Waals surface area contributed by atoms with Gasteiger partial charge in [0.15, 0.2) is 0 Å². The van der Waals surface area contributed by atoms with Crippen LogP contribution in [0.5, 0.6) is 0 Å². The average Bonchev–Trinajstić information content (AvgIpc) is 2.29. The van der Waals surface area contributed by atoms with E-state index in [0.717, 1.165) is 5.56 Å². The first-order chi connectivity index (χ1) is 7.95. The number of benzene rings is 1. The quantitative estimate of drug-likeness (QED) is 0.528. The second kappa shape index (κ2) is 5.77. The van der Waals surface area contributed by atoms with Crippen LogP contribution in [0.15, 0.2) is 18.2 Å². The molecule has 1 N–H and O–H groups in total. The molecule has 17 heavy (non-hydrogen) atoms. The van der Waals surface area contributed by atoms with Crippen LogP contribution in [0.2, 0.25) is 0 Å². The molecule has 0 radical (unpaired) electrons. The average molecular weight is 301 g/mol. The van der Waals surface area contributed by atoms with Crippen LogP contribution in [-0.4, -0.2) is 15.7 Å². The minimum Gasteiger partial charge on any atom is -0.319 e. The van der Waals surface area contributed by atoms with Gasteiger partial charge in [0.1, 0.15) is 5.69 Å². The molecule has 5 nitrogen and oxygen atoms in total. The van der Waals surface area contributed by atoms with Gasteiger partial charge in [-0.3, -0.25) is 14.9 Å². The van der Waals surface area contributed by atoms with E-state index in [9.17, 15) is 14.9 Å². The SMILES string of the molecule is CC[C@H](Br)C(=O)Nc1ccc(C)cc1[N+](=O)[O-]. The summed E-state index contributed by atoms with van der Waals surface area (Å²) in [6.07, 6.45) is 0.617. The second-order valence-corrected chi connectivity index (χ2v) is 4.75. The van der Waals surface area contributed by atoms with Gasteiger partial charge in [-0.2, -0.15) is 0 Å². The zero-order chi connectivity index (χ0) is 13.0. The van der Waals surface area contributed by atoms with Gasteiger partial charge < -0.3 is 5.32 Å². The van der Waals surface area contributed by atoms with Crippen molar-refractivity contribution in [2.24, 2.45) is 0 Å². The lowest BCUT2D eigenvalue weighted by molar-refractivity contribution is -0.384. The maximum absolute atomic E-state index is 11.6. The van der Waals surface area contributed by atoms with E-state index in [2.05, 4.69) is 21.2 Å². The molecule has 1 rings (SSSR count). The highest BCUT2D eigenvalue weighted by molar-refractivity contribution is 9.10. The van der Waals surface area contributed by atoms with Crippen LogP contribution < -0.4 is 5.32 Å². The number of hydrogen-bond acceptors (Lipinski definition) is 3. The molecule has 0 aliphatic rings. The summed E-state index contributed by atoms with van der Waals surface area (Å²) in [6, 6.07) is 4.70. The Morgan fingerprint density at radius 3 is 2.76 bits per heavy atom. The summed E-state index contributed by atoms with van der Waals surface area (Å²) in [4.78, 5) is 21.6. The predicted molar refractivity (Wildman–Crippen MR) is 69.5 cm³/mol. The van der Waals surface area contributed by atoms with Crippen LogP contribution in [0.3, 0.4) is 0 Å². The molecule has 0 bridgehead atoms. The van der Waals surface area contributed by atoms with E-state index in [1.165, 1.54) is 6.07 Å². The highest BCUT2D eigenvalue weighted by atomic mass is 79.9. The molecule has 0 fully saturated rings. The second-order valence-electron chi connectivity index (χ2n) is 3.64. The van der Waals surface area contributed by atoms with Crippen LogP contribution in [0.25, 0.3) is 0 Å². The third kappa shape index (κ3) is 3.52. The topological polar surface area (TPSA) is 72.2 Å². The molecule has 0 aliphatic heterocycles. The lowest BCUT2D eigenvalue weighted by Gasteiger charge is -2.09. The van der Waals surface area contributed by atoms with Gasteiger partial charge in [0.05, 0.1) is 9.75 Å². The zero-order valence-electron chi connectivity index (χ0n) is 9.57. The number of rotatable bonds is 4. The van der Waals surface area contributed by atoms with Crippen LogP contribution in [-0.2, 0) is 4.79 Å². The largest absolute Gasteiger partial charge is 0.319 e. The Balaban J connectivity index is 2.98. The van der Waals surface area contributed by atoms with Crippen molar-refractivity contribution in [1.82, 2.24) is 0 Å². The van der Waals surface area contributed by atoms with E-state index < -0.39 is 4.92 Å². The Morgan fingerprint density at radius 1 is 1.59 bits per heavy atom. The van der Waals surface area contributed by atoms with Crippen LogP contribution in [0.4, 0.5) is 11.4 Å². The Kier molecular flexibility index (Phi) is 4.62. The molecule has 1 aromatic rings. The number of hydrogen-bond donors (Lipinski definition) is 1. The smallest absolute Gasteiger partial charge is 0.293 e. The molecule has 0 unspecified atom stereocenters. The molecular weight excluding hydrogens is 288 g/mol. The zero-order valence-corrected chi connectivity index (χ0v) is 11.2. The molecule has 0 saturated heterocycles. The van der Waals surface area contributed by atoms with Crippen molar-refractivity contribution >= 4 is 33.2 Å². The molecule has 0 saturated carbocycles. The Hall–Kier alpha value is -1.43. The van der Waals surface area contributed by atoms with Gasteiger partial charge in [0.2, 0.25) is 5.91 Å². The molecule has 1 atom stereocenters. The van der Waals surface area contributed by atoms with E-state index in [-0.39, 0.29) is 22.1 Å². The third-order valence-corrected chi connectivity index (χ3v) is 3.31. The minimum absolute atomic E-state index is 0.0887. The highest BCUT2D eigenvalue weighted by Crippen LogP contribution is 2.25. The van der Waals surface area contributed by atoms with Gasteiger partial charge in [-0.15, -0.1) is 0 Å². The number of nitrogens with one attached hydrogen (secondary N) is 1. The lowest BCUT2D eigenvalue weighted by Crippen LogP contribution is -2.22. The van der Waals surface area contributed by atoms with Gasteiger partial charge in [-0.1, -0.05) is 28.9 Å². The number of carbonyl (C=O) groups is 1. The fourth-order valence-corrected chi connectivity index (χ4v) is 1.41. The number of anilines is 1. The van der Waals surface area contributed by atoms with Crippen LogP contribution in [0.1, 0.15) is 18.9 Å². The van der Waals surface area contributed by atoms with Crippen molar-refractivity contribution < 1.29 is 9.72 Å². The van der Waals surface area contributed by atoms with Crippen molar-refractivity contribution in [2.75, 3.05) is 5.32 Å². The summed E-state index contributed by atoms with van der Waals surface area (Å²) in [5.74, 6) is -0.278. The van der Waals surface area contributed by atoms with Crippen molar-refractivity contribution in [3.63, 3.8) is 0 Å². The van der Waals surface area contributed by atoms with Gasteiger partial charge >= 0.3 is 0 Å². The maximum atomic E-state index is 11.6. The number of carbonyl (C=O) groups excluding carboxylic acids is 1. The van der Waals surface area contributed by atoms with Crippen molar-refractivity contribution in [3.05, 3.63) is 33.9 Å². The van der Waals surface area contributed by atoms with Crippen LogP contribution >= 0.6 is 15.9 Å². The fraction of sp³-hybridized carbons (Fsp3) is 0.364. The summed E-state index contributed by atoms with van der Waals surface area (Å²) in [7, 11) is 0. The summed E-state index contributed by atoms with van der Waals surface area (Å²) in [6.45, 7) is 3.61. The molecule has 6 heteroatoms. The number of nitro groups is 1. The van der Waals surface area contributed by atoms with E-state index in [4.69, 9.17) is 0 Å². The van der Waals surface area contributed by atoms with Gasteiger partial charge in [-0.25, -0.2) is 0 Å². The van der Waals surface area contributed by atoms with Crippen LogP contribution in [0, 0.1) is 17.0 Å². The predicted octanol–water partition coefficient (Wildman–Crippen LogP) is 3.02. The summed E-state index contributed by atoms with van der Waals surface area (Å²) < 4.78 is 0. The highest BCUT2D eigenvalue weighted by Gasteiger charge is 2.19. The molecule has 0 aromatic heterocycles. The minimum atomic E-state index is -0.502. The van der Waals surface area contributed by atoms with Crippen molar-refractivity contribution in [1.29, 1.82) is 0 Å². The van der Waals surface area contributed by atoms with E-state index in [1.807, 2.05) is 6.92 Å². The van der Waals surface area contributed by atoms with Crippen molar-refractivity contribution in [3.8, 4) is 0 Å². The number of nitro benzene ring substituents is 1. The third-order valence-electron chi connectivity index (χ3n) is 2.25. The Labute approximate surface area is 107 Å². The standard InChI is InChI=1S/C11H13BrN2O3/c1-3-8(12)11(15)13-9-5-4-7(2)6-10(9)14(16)17/h4-6,8H,3H2,1-2H3,(H,13,15)/t8-/m0/s1. The van der Waals surface area contributed by atoms with E-state index in [1.54, 1.807) is 19.1 Å². The van der Waals surface area contributed by atoms with Crippen molar-refractivity contribution in [2.45, 2.75) is 25.1 Å². The normalized spacial score (nSPS) is 11.9. The molecule has 0 heterocycles. The molecule has 1 amide bonds. The van der Waals surface area contributed by atoms with Gasteiger partial charge in [0.25, 0.3) is 5.69 Å². The summed E-state index contributed by atoms with van der Waals surface area (Å²) in [5, 5.41) is 13.4. The number of halogens is 1. The Morgan fingerprint density at radius 2 is 2.24 bits per heavy atom. The Bertz CT molecular complexity index is 448. The first-order valence-corrected chi connectivity index (χ1v) is 6.07. The fourth-order valence-electron chi connectivity index (χ4n) is 1.29.